The second-order valence-electron chi connectivity index (χ2n) is 4.74. The minimum absolute atomic E-state index is 0.165. The van der Waals surface area contributed by atoms with E-state index in [1.165, 1.54) is 17.4 Å². The summed E-state index contributed by atoms with van der Waals surface area (Å²) in [7, 11) is 0. The van der Waals surface area contributed by atoms with Gasteiger partial charge in [-0.05, 0) is 32.0 Å². The molecule has 0 atom stereocenters. The summed E-state index contributed by atoms with van der Waals surface area (Å²) in [4.78, 5) is 36.1. The van der Waals surface area contributed by atoms with Crippen LogP contribution in [0.3, 0.4) is 0 Å². The van der Waals surface area contributed by atoms with Crippen molar-refractivity contribution in [2.45, 2.75) is 13.8 Å². The predicted molar refractivity (Wildman–Crippen MR) is 86.5 cm³/mol. The van der Waals surface area contributed by atoms with Gasteiger partial charge in [-0.25, -0.2) is 4.79 Å². The summed E-state index contributed by atoms with van der Waals surface area (Å²) < 4.78 is 4.91. The molecule has 0 fully saturated rings. The van der Waals surface area contributed by atoms with Crippen molar-refractivity contribution >= 4 is 40.4 Å². The number of esters is 1. The van der Waals surface area contributed by atoms with Gasteiger partial charge in [0.25, 0.3) is 5.69 Å². The Morgan fingerprint density at radius 3 is 2.52 bits per heavy atom. The standard InChI is InChI=1S/C15H12ClNO5S/c1-8-5-11(9(2)23-8)14(18)7-22-15(19)12-6-10(16)3-4-13(12)17(20)21/h3-6H,7H2,1-2H3. The number of halogens is 1. The van der Waals surface area contributed by atoms with Gasteiger partial charge in [-0.3, -0.25) is 14.9 Å². The van der Waals surface area contributed by atoms with E-state index in [1.807, 2.05) is 6.92 Å². The van der Waals surface area contributed by atoms with Crippen LogP contribution in [0.25, 0.3) is 0 Å². The topological polar surface area (TPSA) is 86.5 Å². The Balaban J connectivity index is 2.14. The van der Waals surface area contributed by atoms with Gasteiger partial charge in [0.05, 0.1) is 4.92 Å². The maximum atomic E-state index is 12.1. The fourth-order valence-electron chi connectivity index (χ4n) is 2.03. The van der Waals surface area contributed by atoms with Gasteiger partial charge in [-0.15, -0.1) is 11.3 Å². The lowest BCUT2D eigenvalue weighted by Gasteiger charge is -2.05. The molecule has 8 heteroatoms. The molecule has 0 unspecified atom stereocenters. The summed E-state index contributed by atoms with van der Waals surface area (Å²) in [6.07, 6.45) is 0. The van der Waals surface area contributed by atoms with Crippen LogP contribution in [0.1, 0.15) is 30.5 Å². The minimum atomic E-state index is -0.961. The van der Waals surface area contributed by atoms with Crippen LogP contribution in [0.15, 0.2) is 24.3 Å². The van der Waals surface area contributed by atoms with E-state index in [9.17, 15) is 19.7 Å². The number of thiophene rings is 1. The Morgan fingerprint density at radius 1 is 1.26 bits per heavy atom. The minimum Gasteiger partial charge on any atom is -0.454 e. The lowest BCUT2D eigenvalue weighted by molar-refractivity contribution is -0.385. The lowest BCUT2D eigenvalue weighted by Crippen LogP contribution is -2.15. The Morgan fingerprint density at radius 2 is 1.96 bits per heavy atom. The van der Waals surface area contributed by atoms with Crippen molar-refractivity contribution in [3.63, 3.8) is 0 Å². The molecule has 0 aliphatic rings. The van der Waals surface area contributed by atoms with Gasteiger partial charge in [0.1, 0.15) is 5.56 Å². The number of carbonyl (C=O) groups excluding carboxylic acids is 2. The van der Waals surface area contributed by atoms with Crippen molar-refractivity contribution in [2.24, 2.45) is 0 Å². The molecule has 120 valence electrons. The molecule has 0 saturated heterocycles. The van der Waals surface area contributed by atoms with E-state index in [-0.39, 0.29) is 16.4 Å². The van der Waals surface area contributed by atoms with Gasteiger partial charge in [-0.2, -0.15) is 0 Å². The van der Waals surface area contributed by atoms with Gasteiger partial charge in [0.15, 0.2) is 6.61 Å². The highest BCUT2D eigenvalue weighted by molar-refractivity contribution is 7.12. The van der Waals surface area contributed by atoms with Crippen LogP contribution in [-0.2, 0) is 4.74 Å². The molecule has 1 heterocycles. The van der Waals surface area contributed by atoms with Gasteiger partial charge >= 0.3 is 5.97 Å². The highest BCUT2D eigenvalue weighted by Crippen LogP contribution is 2.24. The first kappa shape index (κ1) is 17.1. The highest BCUT2D eigenvalue weighted by atomic mass is 35.5. The van der Waals surface area contributed by atoms with Crippen LogP contribution < -0.4 is 0 Å². The number of ketones is 1. The first-order valence-corrected chi connectivity index (χ1v) is 7.70. The molecule has 2 rings (SSSR count). The number of hydrogen-bond donors (Lipinski definition) is 0. The Hall–Kier alpha value is -2.25. The van der Waals surface area contributed by atoms with Crippen molar-refractivity contribution in [1.29, 1.82) is 0 Å². The quantitative estimate of drug-likeness (QED) is 0.351. The molecule has 0 amide bonds. The summed E-state index contributed by atoms with van der Waals surface area (Å²) in [5, 5.41) is 11.1. The highest BCUT2D eigenvalue weighted by Gasteiger charge is 2.23. The van der Waals surface area contributed by atoms with Crippen molar-refractivity contribution in [3.05, 3.63) is 60.3 Å². The Kier molecular flexibility index (Phi) is 5.12. The SMILES string of the molecule is Cc1cc(C(=O)COC(=O)c2cc(Cl)ccc2[N+](=O)[O-])c(C)s1. The summed E-state index contributed by atoms with van der Waals surface area (Å²) in [5.74, 6) is -1.32. The average molecular weight is 354 g/mol. The Labute approximate surface area is 140 Å². The van der Waals surface area contributed by atoms with Gasteiger partial charge in [0, 0.05) is 26.4 Å². The zero-order chi connectivity index (χ0) is 17.1. The number of rotatable bonds is 5. The third-order valence-corrected chi connectivity index (χ3v) is 4.25. The van der Waals surface area contributed by atoms with Gasteiger partial charge in [0.2, 0.25) is 5.78 Å². The molecule has 0 aliphatic carbocycles. The number of nitro benzene ring substituents is 1. The predicted octanol–water partition coefficient (Wildman–Crippen LogP) is 3.97. The number of benzene rings is 1. The van der Waals surface area contributed by atoms with E-state index in [2.05, 4.69) is 0 Å². The molecule has 1 aromatic carbocycles. The molecule has 23 heavy (non-hydrogen) atoms. The average Bonchev–Trinajstić information content (AvgIpc) is 2.82. The van der Waals surface area contributed by atoms with Crippen molar-refractivity contribution < 1.29 is 19.2 Å². The number of aryl methyl sites for hydroxylation is 2. The number of nitro groups is 1. The third kappa shape index (κ3) is 3.94. The second-order valence-corrected chi connectivity index (χ2v) is 6.64. The first-order valence-electron chi connectivity index (χ1n) is 6.51. The zero-order valence-corrected chi connectivity index (χ0v) is 13.9. The number of Topliss-reactive ketones (excluding diaryl/α,β-unsaturated/α-hetero) is 1. The number of hydrogen-bond acceptors (Lipinski definition) is 6. The monoisotopic (exact) mass is 353 g/mol. The molecule has 0 radical (unpaired) electrons. The van der Waals surface area contributed by atoms with Crippen LogP contribution >= 0.6 is 22.9 Å². The van der Waals surface area contributed by atoms with E-state index in [0.29, 0.717) is 5.56 Å². The molecular formula is C15H12ClNO5S. The maximum Gasteiger partial charge on any atom is 0.345 e. The fourth-order valence-corrected chi connectivity index (χ4v) is 3.14. The van der Waals surface area contributed by atoms with E-state index < -0.39 is 23.2 Å². The summed E-state index contributed by atoms with van der Waals surface area (Å²) in [6.45, 7) is 3.18. The molecule has 0 aliphatic heterocycles. The van der Waals surface area contributed by atoms with Crippen LogP contribution in [0.4, 0.5) is 5.69 Å². The van der Waals surface area contributed by atoms with Gasteiger partial charge < -0.3 is 4.74 Å². The van der Waals surface area contributed by atoms with Crippen LogP contribution in [0.2, 0.25) is 5.02 Å². The number of ether oxygens (including phenoxy) is 1. The van der Waals surface area contributed by atoms with E-state index in [0.717, 1.165) is 21.9 Å². The third-order valence-electron chi connectivity index (χ3n) is 3.05. The normalized spacial score (nSPS) is 10.4. The van der Waals surface area contributed by atoms with Crippen LogP contribution in [0.5, 0.6) is 0 Å². The van der Waals surface area contributed by atoms with E-state index in [4.69, 9.17) is 16.3 Å². The fraction of sp³-hybridized carbons (Fsp3) is 0.200. The van der Waals surface area contributed by atoms with E-state index in [1.54, 1.807) is 13.0 Å². The molecule has 0 N–H and O–H groups in total. The molecule has 1 aromatic heterocycles. The molecule has 2 aromatic rings. The van der Waals surface area contributed by atoms with Crippen LogP contribution in [-0.4, -0.2) is 23.3 Å². The van der Waals surface area contributed by atoms with Crippen LogP contribution in [0, 0.1) is 24.0 Å². The molecular weight excluding hydrogens is 342 g/mol. The smallest absolute Gasteiger partial charge is 0.345 e. The first-order chi connectivity index (χ1) is 10.8. The van der Waals surface area contributed by atoms with Crippen molar-refractivity contribution in [2.75, 3.05) is 6.61 Å². The summed E-state index contributed by atoms with van der Waals surface area (Å²) in [5.41, 5.74) is -0.219. The Bertz CT molecular complexity index is 799. The second kappa shape index (κ2) is 6.89. The molecule has 0 spiro atoms. The molecule has 0 saturated carbocycles. The summed E-state index contributed by atoms with van der Waals surface area (Å²) in [6, 6.07) is 5.29. The molecule has 0 bridgehead atoms. The zero-order valence-electron chi connectivity index (χ0n) is 12.3. The van der Waals surface area contributed by atoms with E-state index >= 15 is 0 Å². The maximum absolute atomic E-state index is 12.1. The number of nitrogens with zero attached hydrogens (tertiary/aromatic N) is 1. The number of carbonyl (C=O) groups is 2. The van der Waals surface area contributed by atoms with Gasteiger partial charge in [-0.1, -0.05) is 11.6 Å². The largest absolute Gasteiger partial charge is 0.454 e. The lowest BCUT2D eigenvalue weighted by atomic mass is 10.1. The summed E-state index contributed by atoms with van der Waals surface area (Å²) >= 11 is 7.22. The van der Waals surface area contributed by atoms with Crippen molar-refractivity contribution in [3.8, 4) is 0 Å². The molecule has 6 nitrogen and oxygen atoms in total. The van der Waals surface area contributed by atoms with Crippen molar-refractivity contribution in [1.82, 2.24) is 0 Å².